The first-order chi connectivity index (χ1) is 11.1. The van der Waals surface area contributed by atoms with Crippen LogP contribution in [0, 0.1) is 5.21 Å². The van der Waals surface area contributed by atoms with E-state index in [2.05, 4.69) is 40.7 Å². The van der Waals surface area contributed by atoms with Gasteiger partial charge in [0.25, 0.3) is 0 Å². The lowest BCUT2D eigenvalue weighted by atomic mass is 9.85. The first-order valence-electron chi connectivity index (χ1n) is 8.64. The van der Waals surface area contributed by atoms with Gasteiger partial charge in [0, 0.05) is 10.5 Å². The molecule has 0 radical (unpaired) electrons. The Morgan fingerprint density at radius 1 is 1.30 bits per heavy atom. The molecule has 1 unspecified atom stereocenters. The number of carbonyl (C=O) groups excluding carboxylic acids is 1. The van der Waals surface area contributed by atoms with E-state index in [1.54, 1.807) is 0 Å². The van der Waals surface area contributed by atoms with Gasteiger partial charge in [-0.3, -0.25) is 4.79 Å². The van der Waals surface area contributed by atoms with E-state index in [1.807, 2.05) is 0 Å². The second-order valence-electron chi connectivity index (χ2n) is 6.63. The molecule has 126 valence electrons. The fourth-order valence-corrected chi connectivity index (χ4v) is 4.86. The number of hydrogen-bond donors (Lipinski definition) is 0. The number of amides is 1. The van der Waals surface area contributed by atoms with Crippen molar-refractivity contribution in [3.05, 3.63) is 32.4 Å². The van der Waals surface area contributed by atoms with Gasteiger partial charge in [0.1, 0.15) is 0 Å². The Labute approximate surface area is 146 Å². The zero-order chi connectivity index (χ0) is 16.6. The first-order valence-corrected chi connectivity index (χ1v) is 9.43. The largest absolute Gasteiger partial charge is 0.752 e. The maximum Gasteiger partial charge on any atom is 0.220 e. The molecule has 1 amide bonds. The van der Waals surface area contributed by atoms with Crippen LogP contribution in [0.25, 0.3) is 0 Å². The number of nitrogens with zero attached hydrogens (tertiary/aromatic N) is 2. The van der Waals surface area contributed by atoms with E-state index in [9.17, 15) is 10.0 Å². The third-order valence-electron chi connectivity index (χ3n) is 5.01. The monoisotopic (exact) mass is 379 g/mol. The van der Waals surface area contributed by atoms with E-state index in [1.165, 1.54) is 24.0 Å². The highest BCUT2D eigenvalue weighted by molar-refractivity contribution is 9.10. The van der Waals surface area contributed by atoms with E-state index < -0.39 is 0 Å². The molecule has 1 aromatic rings. The molecular weight excluding hydrogens is 356 g/mol. The van der Waals surface area contributed by atoms with Gasteiger partial charge in [-0.05, 0) is 77.8 Å². The van der Waals surface area contributed by atoms with Crippen LogP contribution in [0.3, 0.4) is 0 Å². The Balaban J connectivity index is 1.89. The fourth-order valence-electron chi connectivity index (χ4n) is 3.99. The minimum atomic E-state index is -0.349. The summed E-state index contributed by atoms with van der Waals surface area (Å²) < 4.78 is 0.849. The molecule has 3 rings (SSSR count). The number of anilines is 1. The van der Waals surface area contributed by atoms with Crippen molar-refractivity contribution in [3.63, 3.8) is 0 Å². The lowest BCUT2D eigenvalue weighted by Gasteiger charge is -2.36. The van der Waals surface area contributed by atoms with Gasteiger partial charge < -0.3 is 15.2 Å². The Hall–Kier alpha value is -0.910. The standard InChI is InChI=1S/C18H24BrN2O2/c1-3-7-20(8-4-2)14-5-6-15-12(10-14)9-13-11-16(22)21(23)18(13)17(15)19/h9,14H,3-8,10-11H2,1-2H3/q-1. The molecule has 23 heavy (non-hydrogen) atoms. The minimum absolute atomic E-state index is 0.239. The van der Waals surface area contributed by atoms with Crippen molar-refractivity contribution in [1.82, 2.24) is 4.90 Å². The number of halogens is 1. The lowest BCUT2D eigenvalue weighted by molar-refractivity contribution is -0.116. The zero-order valence-electron chi connectivity index (χ0n) is 13.9. The summed E-state index contributed by atoms with van der Waals surface area (Å²) in [6.07, 6.45) is 5.71. The summed E-state index contributed by atoms with van der Waals surface area (Å²) in [4.78, 5) is 14.3. The predicted molar refractivity (Wildman–Crippen MR) is 96.7 cm³/mol. The molecular formula is C18H24BrN2O2-. The average Bonchev–Trinajstić information content (AvgIpc) is 2.81. The maximum atomic E-state index is 12.0. The SMILES string of the molecule is CCCN(CCC)C1CCc2c(cc3c(c2Br)N([O-])C(=O)C3)C1. The van der Waals surface area contributed by atoms with Crippen LogP contribution in [-0.4, -0.2) is 29.9 Å². The average molecular weight is 380 g/mol. The Bertz CT molecular complexity index is 612. The molecule has 1 aromatic carbocycles. The maximum absolute atomic E-state index is 12.0. The van der Waals surface area contributed by atoms with Crippen LogP contribution in [0.1, 0.15) is 49.8 Å². The third-order valence-corrected chi connectivity index (χ3v) is 5.86. The smallest absolute Gasteiger partial charge is 0.220 e. The molecule has 5 heteroatoms. The first kappa shape index (κ1) is 16.9. The molecule has 0 bridgehead atoms. The zero-order valence-corrected chi connectivity index (χ0v) is 15.5. The topological polar surface area (TPSA) is 46.6 Å². The minimum Gasteiger partial charge on any atom is -0.752 e. The molecule has 1 aliphatic heterocycles. The number of fused-ring (bicyclic) bond motifs is 2. The van der Waals surface area contributed by atoms with Crippen molar-refractivity contribution in [2.45, 2.75) is 58.4 Å². The number of carbonyl (C=O) groups is 1. The highest BCUT2D eigenvalue weighted by Crippen LogP contribution is 2.42. The van der Waals surface area contributed by atoms with Crippen LogP contribution < -0.4 is 5.06 Å². The predicted octanol–water partition coefficient (Wildman–Crippen LogP) is 3.82. The van der Waals surface area contributed by atoms with Crippen LogP contribution in [0.2, 0.25) is 0 Å². The number of hydroxylamine groups is 1. The van der Waals surface area contributed by atoms with E-state index in [4.69, 9.17) is 0 Å². The number of benzene rings is 1. The summed E-state index contributed by atoms with van der Waals surface area (Å²) in [5.41, 5.74) is 3.97. The fraction of sp³-hybridized carbons (Fsp3) is 0.611. The third kappa shape index (κ3) is 3.06. The van der Waals surface area contributed by atoms with Crippen molar-refractivity contribution >= 4 is 27.5 Å². The van der Waals surface area contributed by atoms with Crippen LogP contribution in [0.15, 0.2) is 10.5 Å². The van der Waals surface area contributed by atoms with Crippen molar-refractivity contribution in [2.24, 2.45) is 0 Å². The Kier molecular flexibility index (Phi) is 5.09. The molecule has 1 heterocycles. The summed E-state index contributed by atoms with van der Waals surface area (Å²) in [5, 5.41) is 12.5. The van der Waals surface area contributed by atoms with Crippen LogP contribution in [-0.2, 0) is 24.1 Å². The van der Waals surface area contributed by atoms with Gasteiger partial charge in [0.15, 0.2) is 0 Å². The summed E-state index contributed by atoms with van der Waals surface area (Å²) >= 11 is 3.60. The van der Waals surface area contributed by atoms with Gasteiger partial charge >= 0.3 is 0 Å². The summed E-state index contributed by atoms with van der Waals surface area (Å²) in [7, 11) is 0. The van der Waals surface area contributed by atoms with Gasteiger partial charge in [0.2, 0.25) is 5.91 Å². The van der Waals surface area contributed by atoms with Gasteiger partial charge in [-0.1, -0.05) is 19.9 Å². The molecule has 2 aliphatic rings. The van der Waals surface area contributed by atoms with Gasteiger partial charge in [-0.2, -0.15) is 0 Å². The highest BCUT2D eigenvalue weighted by atomic mass is 79.9. The van der Waals surface area contributed by atoms with Gasteiger partial charge in [0.05, 0.1) is 12.1 Å². The van der Waals surface area contributed by atoms with Crippen molar-refractivity contribution in [2.75, 3.05) is 18.2 Å². The summed E-state index contributed by atoms with van der Waals surface area (Å²) in [5.74, 6) is -0.349. The van der Waals surface area contributed by atoms with Crippen molar-refractivity contribution in [3.8, 4) is 0 Å². The quantitative estimate of drug-likeness (QED) is 0.780. The molecule has 0 saturated heterocycles. The van der Waals surface area contributed by atoms with Crippen molar-refractivity contribution in [1.29, 1.82) is 0 Å². The Morgan fingerprint density at radius 3 is 2.65 bits per heavy atom. The molecule has 0 fully saturated rings. The number of hydrogen-bond acceptors (Lipinski definition) is 3. The molecule has 1 aliphatic carbocycles. The number of rotatable bonds is 5. The van der Waals surface area contributed by atoms with Gasteiger partial charge in [-0.15, -0.1) is 0 Å². The molecule has 0 N–H and O–H groups in total. The molecule has 0 spiro atoms. The van der Waals surface area contributed by atoms with Crippen molar-refractivity contribution < 1.29 is 4.79 Å². The summed E-state index contributed by atoms with van der Waals surface area (Å²) in [6, 6.07) is 2.68. The highest BCUT2D eigenvalue weighted by Gasteiger charge is 2.30. The molecule has 4 nitrogen and oxygen atoms in total. The second kappa shape index (κ2) is 6.91. The second-order valence-corrected chi connectivity index (χ2v) is 7.43. The van der Waals surface area contributed by atoms with Gasteiger partial charge in [-0.25, -0.2) is 0 Å². The Morgan fingerprint density at radius 2 is 2.00 bits per heavy atom. The van der Waals surface area contributed by atoms with E-state index in [0.29, 0.717) is 16.8 Å². The lowest BCUT2D eigenvalue weighted by Crippen LogP contribution is -2.40. The van der Waals surface area contributed by atoms with E-state index >= 15 is 0 Å². The molecule has 0 aromatic heterocycles. The van der Waals surface area contributed by atoms with E-state index in [0.717, 1.165) is 42.4 Å². The normalized spacial score (nSPS) is 20.1. The van der Waals surface area contributed by atoms with Crippen LogP contribution in [0.5, 0.6) is 0 Å². The molecule has 1 atom stereocenters. The molecule has 0 saturated carbocycles. The van der Waals surface area contributed by atoms with E-state index in [-0.39, 0.29) is 12.3 Å². The van der Waals surface area contributed by atoms with Crippen LogP contribution in [0.4, 0.5) is 5.69 Å². The summed E-state index contributed by atoms with van der Waals surface area (Å²) in [6.45, 7) is 6.76. The van der Waals surface area contributed by atoms with Crippen LogP contribution >= 0.6 is 15.9 Å².